The Bertz CT molecular complexity index is 666. The molecule has 0 atom stereocenters. The molecular weight excluding hydrogens is 327 g/mol. The minimum atomic E-state index is -0.256. The Morgan fingerprint density at radius 2 is 1.92 bits per heavy atom. The molecule has 1 saturated heterocycles. The highest BCUT2D eigenvalue weighted by molar-refractivity contribution is 7.17. The average Bonchev–Trinajstić information content (AvgIpc) is 3.10. The van der Waals surface area contributed by atoms with Crippen molar-refractivity contribution in [2.75, 3.05) is 39.4 Å². The molecule has 1 aromatic heterocycles. The molecule has 2 aromatic rings. The molecule has 24 heavy (non-hydrogen) atoms. The van der Waals surface area contributed by atoms with Gasteiger partial charge in [0, 0.05) is 24.5 Å². The van der Waals surface area contributed by atoms with Crippen molar-refractivity contribution in [2.45, 2.75) is 6.42 Å². The van der Waals surface area contributed by atoms with Crippen LogP contribution in [0.3, 0.4) is 0 Å². The van der Waals surface area contributed by atoms with Crippen molar-refractivity contribution in [2.24, 2.45) is 0 Å². The van der Waals surface area contributed by atoms with Crippen molar-refractivity contribution in [3.05, 3.63) is 47.1 Å². The van der Waals surface area contributed by atoms with E-state index in [-0.39, 0.29) is 11.7 Å². The molecule has 2 heterocycles. The zero-order chi connectivity index (χ0) is 16.8. The maximum Gasteiger partial charge on any atom is 0.261 e. The summed E-state index contributed by atoms with van der Waals surface area (Å²) in [4.78, 5) is 16.2. The van der Waals surface area contributed by atoms with Crippen LogP contribution in [-0.4, -0.2) is 50.2 Å². The monoisotopic (exact) mass is 348 g/mol. The average molecular weight is 348 g/mol. The Hall–Kier alpha value is -1.76. The summed E-state index contributed by atoms with van der Waals surface area (Å²) >= 11 is 1.42. The Kier molecular flexibility index (Phi) is 5.96. The van der Waals surface area contributed by atoms with E-state index in [4.69, 9.17) is 4.74 Å². The number of rotatable bonds is 6. The maximum absolute atomic E-state index is 13.0. The first-order valence-corrected chi connectivity index (χ1v) is 8.98. The zero-order valence-corrected chi connectivity index (χ0v) is 14.3. The third-order valence-corrected chi connectivity index (χ3v) is 5.13. The van der Waals surface area contributed by atoms with Gasteiger partial charge in [-0.05, 0) is 42.8 Å². The molecule has 0 spiro atoms. The van der Waals surface area contributed by atoms with Gasteiger partial charge >= 0.3 is 0 Å². The fourth-order valence-electron chi connectivity index (χ4n) is 2.65. The standard InChI is InChI=1S/C18H21FN2O2S/c19-15-4-2-14(3-5-15)16-6-7-17(24-16)18(22)20-8-1-9-21-10-12-23-13-11-21/h2-7H,1,8-13H2,(H,20,22). The zero-order valence-electron chi connectivity index (χ0n) is 13.5. The van der Waals surface area contributed by atoms with Crippen LogP contribution in [0.1, 0.15) is 16.1 Å². The number of amides is 1. The van der Waals surface area contributed by atoms with Crippen LogP contribution in [0.25, 0.3) is 10.4 Å². The van der Waals surface area contributed by atoms with Crippen molar-refractivity contribution in [3.63, 3.8) is 0 Å². The molecule has 0 radical (unpaired) electrons. The van der Waals surface area contributed by atoms with Crippen LogP contribution in [0.4, 0.5) is 4.39 Å². The first-order chi connectivity index (χ1) is 11.7. The highest BCUT2D eigenvalue weighted by Crippen LogP contribution is 2.28. The second kappa shape index (κ2) is 8.37. The highest BCUT2D eigenvalue weighted by atomic mass is 32.1. The molecule has 128 valence electrons. The molecule has 0 saturated carbocycles. The highest BCUT2D eigenvalue weighted by Gasteiger charge is 2.12. The van der Waals surface area contributed by atoms with E-state index in [2.05, 4.69) is 10.2 Å². The number of carbonyl (C=O) groups excluding carboxylic acids is 1. The Balaban J connectivity index is 1.46. The van der Waals surface area contributed by atoms with Gasteiger partial charge in [0.05, 0.1) is 18.1 Å². The van der Waals surface area contributed by atoms with Gasteiger partial charge in [0.1, 0.15) is 5.82 Å². The normalized spacial score (nSPS) is 15.4. The smallest absolute Gasteiger partial charge is 0.261 e. The minimum absolute atomic E-state index is 0.0460. The molecule has 0 unspecified atom stereocenters. The molecular formula is C18H21FN2O2S. The molecule has 1 amide bonds. The summed E-state index contributed by atoms with van der Waals surface area (Å²) in [6.45, 7) is 5.19. The Labute approximate surface area is 145 Å². The van der Waals surface area contributed by atoms with Crippen LogP contribution in [0.2, 0.25) is 0 Å². The van der Waals surface area contributed by atoms with E-state index in [1.807, 2.05) is 12.1 Å². The van der Waals surface area contributed by atoms with Gasteiger partial charge < -0.3 is 10.1 Å². The number of halogens is 1. The molecule has 1 fully saturated rings. The van der Waals surface area contributed by atoms with Gasteiger partial charge in [-0.1, -0.05) is 12.1 Å². The first kappa shape index (κ1) is 17.1. The van der Waals surface area contributed by atoms with Crippen LogP contribution in [0.15, 0.2) is 36.4 Å². The van der Waals surface area contributed by atoms with Crippen molar-refractivity contribution in [1.29, 1.82) is 0 Å². The fourth-order valence-corrected chi connectivity index (χ4v) is 3.57. The molecule has 4 nitrogen and oxygen atoms in total. The lowest BCUT2D eigenvalue weighted by atomic mass is 10.2. The fraction of sp³-hybridized carbons (Fsp3) is 0.389. The number of hydrogen-bond donors (Lipinski definition) is 1. The third kappa shape index (κ3) is 4.63. The van der Waals surface area contributed by atoms with Crippen molar-refractivity contribution < 1.29 is 13.9 Å². The molecule has 1 aromatic carbocycles. The number of ether oxygens (including phenoxy) is 1. The lowest BCUT2D eigenvalue weighted by Gasteiger charge is -2.26. The Morgan fingerprint density at radius 3 is 2.67 bits per heavy atom. The number of morpholine rings is 1. The summed E-state index contributed by atoms with van der Waals surface area (Å²) < 4.78 is 18.3. The van der Waals surface area contributed by atoms with E-state index in [9.17, 15) is 9.18 Å². The van der Waals surface area contributed by atoms with Gasteiger partial charge in [-0.2, -0.15) is 0 Å². The van der Waals surface area contributed by atoms with Crippen LogP contribution in [0.5, 0.6) is 0 Å². The molecule has 1 aliphatic heterocycles. The molecule has 1 aliphatic rings. The first-order valence-electron chi connectivity index (χ1n) is 8.16. The van der Waals surface area contributed by atoms with Gasteiger partial charge in [-0.25, -0.2) is 4.39 Å². The topological polar surface area (TPSA) is 41.6 Å². The van der Waals surface area contributed by atoms with E-state index in [0.717, 1.165) is 49.7 Å². The van der Waals surface area contributed by atoms with E-state index in [1.54, 1.807) is 12.1 Å². The summed E-state index contributed by atoms with van der Waals surface area (Å²) in [5.41, 5.74) is 0.924. The second-order valence-corrected chi connectivity index (χ2v) is 6.82. The molecule has 0 bridgehead atoms. The number of nitrogens with zero attached hydrogens (tertiary/aromatic N) is 1. The number of carbonyl (C=O) groups is 1. The number of benzene rings is 1. The molecule has 0 aliphatic carbocycles. The van der Waals surface area contributed by atoms with Crippen molar-refractivity contribution in [3.8, 4) is 10.4 Å². The summed E-state index contributed by atoms with van der Waals surface area (Å²) in [6, 6.07) is 10.0. The summed E-state index contributed by atoms with van der Waals surface area (Å²) in [5.74, 6) is -0.302. The molecule has 1 N–H and O–H groups in total. The summed E-state index contributed by atoms with van der Waals surface area (Å²) in [7, 11) is 0. The Morgan fingerprint density at radius 1 is 1.17 bits per heavy atom. The number of thiophene rings is 1. The van der Waals surface area contributed by atoms with E-state index in [1.165, 1.54) is 23.5 Å². The number of nitrogens with one attached hydrogen (secondary N) is 1. The predicted octanol–water partition coefficient (Wildman–Crippen LogP) is 3.01. The lowest BCUT2D eigenvalue weighted by molar-refractivity contribution is 0.0374. The largest absolute Gasteiger partial charge is 0.379 e. The lowest BCUT2D eigenvalue weighted by Crippen LogP contribution is -2.38. The SMILES string of the molecule is O=C(NCCCN1CCOCC1)c1ccc(-c2ccc(F)cc2)s1. The van der Waals surface area contributed by atoms with Crippen LogP contribution in [-0.2, 0) is 4.74 Å². The minimum Gasteiger partial charge on any atom is -0.379 e. The molecule has 6 heteroatoms. The summed E-state index contributed by atoms with van der Waals surface area (Å²) in [6.07, 6.45) is 0.932. The summed E-state index contributed by atoms with van der Waals surface area (Å²) in [5, 5.41) is 2.97. The van der Waals surface area contributed by atoms with Crippen molar-refractivity contribution >= 4 is 17.2 Å². The maximum atomic E-state index is 13.0. The van der Waals surface area contributed by atoms with Gasteiger partial charge in [0.2, 0.25) is 0 Å². The van der Waals surface area contributed by atoms with Crippen molar-refractivity contribution in [1.82, 2.24) is 10.2 Å². The van der Waals surface area contributed by atoms with Gasteiger partial charge in [0.15, 0.2) is 0 Å². The van der Waals surface area contributed by atoms with Crippen LogP contribution < -0.4 is 5.32 Å². The van der Waals surface area contributed by atoms with Crippen LogP contribution >= 0.6 is 11.3 Å². The van der Waals surface area contributed by atoms with Gasteiger partial charge in [-0.15, -0.1) is 11.3 Å². The quantitative estimate of drug-likeness (QED) is 0.816. The van der Waals surface area contributed by atoms with E-state index in [0.29, 0.717) is 11.4 Å². The number of hydrogen-bond acceptors (Lipinski definition) is 4. The van der Waals surface area contributed by atoms with E-state index < -0.39 is 0 Å². The predicted molar refractivity (Wildman–Crippen MR) is 93.9 cm³/mol. The van der Waals surface area contributed by atoms with E-state index >= 15 is 0 Å². The second-order valence-electron chi connectivity index (χ2n) is 5.73. The van der Waals surface area contributed by atoms with Gasteiger partial charge in [-0.3, -0.25) is 9.69 Å². The van der Waals surface area contributed by atoms with Gasteiger partial charge in [0.25, 0.3) is 5.91 Å². The molecule has 3 rings (SSSR count). The third-order valence-electron chi connectivity index (χ3n) is 4.00. The van der Waals surface area contributed by atoms with Crippen LogP contribution in [0, 0.1) is 5.82 Å².